The van der Waals surface area contributed by atoms with Crippen molar-refractivity contribution in [3.8, 4) is 0 Å². The molecule has 1 aromatic carbocycles. The fourth-order valence-electron chi connectivity index (χ4n) is 2.66. The smallest absolute Gasteiger partial charge is 0.253 e. The van der Waals surface area contributed by atoms with Crippen LogP contribution < -0.4 is 15.7 Å². The Morgan fingerprint density at radius 1 is 1.31 bits per heavy atom. The van der Waals surface area contributed by atoms with Crippen LogP contribution >= 0.6 is 0 Å². The number of aromatic nitrogens is 2. The van der Waals surface area contributed by atoms with Gasteiger partial charge in [-0.1, -0.05) is 0 Å². The van der Waals surface area contributed by atoms with E-state index in [9.17, 15) is 14.2 Å². The van der Waals surface area contributed by atoms with E-state index >= 15 is 0 Å². The van der Waals surface area contributed by atoms with Gasteiger partial charge in [-0.15, -0.1) is 0 Å². The minimum atomic E-state index is -1.49. The molecule has 138 valence electrons. The predicted molar refractivity (Wildman–Crippen MR) is 98.3 cm³/mol. The van der Waals surface area contributed by atoms with E-state index in [0.29, 0.717) is 37.7 Å². The molecule has 1 aliphatic heterocycles. The fourth-order valence-corrected chi connectivity index (χ4v) is 3.33. The zero-order valence-corrected chi connectivity index (χ0v) is 15.0. The van der Waals surface area contributed by atoms with Crippen molar-refractivity contribution in [3.05, 3.63) is 41.2 Å². The lowest BCUT2D eigenvalue weighted by Crippen LogP contribution is -2.51. The van der Waals surface area contributed by atoms with E-state index in [0.717, 1.165) is 0 Å². The maximum atomic E-state index is 12.7. The van der Waals surface area contributed by atoms with Crippen molar-refractivity contribution in [1.82, 2.24) is 14.6 Å². The Bertz CT molecular complexity index is 837. The molecule has 1 amide bonds. The number of carbonyl (C=O) groups is 1. The quantitative estimate of drug-likeness (QED) is 0.449. The predicted octanol–water partition coefficient (Wildman–Crippen LogP) is 0.892. The molecule has 3 rings (SSSR count). The van der Waals surface area contributed by atoms with Gasteiger partial charge in [0.05, 0.1) is 29.6 Å². The molecule has 2 heterocycles. The largest absolute Gasteiger partial charge is 0.627 e. The van der Waals surface area contributed by atoms with E-state index in [1.165, 1.54) is 12.5 Å². The average molecular weight is 377 g/mol. The Balaban J connectivity index is 1.80. The highest BCUT2D eigenvalue weighted by Crippen LogP contribution is 2.26. The maximum Gasteiger partial charge on any atom is 0.253 e. The van der Waals surface area contributed by atoms with E-state index in [2.05, 4.69) is 15.3 Å². The lowest BCUT2D eigenvalue weighted by molar-refractivity contribution is 0.0615. The van der Waals surface area contributed by atoms with Crippen LogP contribution in [0.3, 0.4) is 0 Å². The lowest BCUT2D eigenvalue weighted by Gasteiger charge is -2.44. The van der Waals surface area contributed by atoms with Gasteiger partial charge in [0.1, 0.15) is 23.8 Å². The number of ether oxygens (including phenoxy) is 1. The zero-order valence-electron chi connectivity index (χ0n) is 14.2. The number of nitrogens with zero attached hydrogens (tertiary/aromatic N) is 3. The second kappa shape index (κ2) is 7.46. The van der Waals surface area contributed by atoms with Gasteiger partial charge in [0.15, 0.2) is 0 Å². The summed E-state index contributed by atoms with van der Waals surface area (Å²) < 4.78 is 16.6. The molecule has 0 saturated carbocycles. The molecule has 0 bridgehead atoms. The van der Waals surface area contributed by atoms with Crippen LogP contribution in [0.1, 0.15) is 10.4 Å². The Labute approximate surface area is 152 Å². The minimum absolute atomic E-state index is 0.0249. The number of nitrogens with one attached hydrogen (secondary N) is 1. The van der Waals surface area contributed by atoms with Crippen LogP contribution in [-0.2, 0) is 15.5 Å². The van der Waals surface area contributed by atoms with Crippen molar-refractivity contribution in [3.63, 3.8) is 0 Å². The molecule has 1 atom stereocenters. The van der Waals surface area contributed by atoms with Crippen LogP contribution in [0, 0.1) is 5.21 Å². The SMILES string of the molecule is CS(=O)c1nc(Nc2ccc([N+]3([O-])CCOCC3)cc2)ncc1C(N)=O. The number of benzene rings is 1. The number of hydrogen-bond acceptors (Lipinski definition) is 7. The molecule has 26 heavy (non-hydrogen) atoms. The number of morpholine rings is 1. The van der Waals surface area contributed by atoms with Crippen LogP contribution in [0.2, 0.25) is 0 Å². The minimum Gasteiger partial charge on any atom is -0.627 e. The van der Waals surface area contributed by atoms with E-state index in [1.807, 2.05) is 0 Å². The van der Waals surface area contributed by atoms with Crippen LogP contribution in [0.4, 0.5) is 17.3 Å². The summed E-state index contributed by atoms with van der Waals surface area (Å²) in [7, 11) is -1.49. The first-order valence-electron chi connectivity index (χ1n) is 7.93. The van der Waals surface area contributed by atoms with Gasteiger partial charge >= 0.3 is 0 Å². The summed E-state index contributed by atoms with van der Waals surface area (Å²) in [6, 6.07) is 6.99. The highest BCUT2D eigenvalue weighted by atomic mass is 32.2. The van der Waals surface area contributed by atoms with Crippen molar-refractivity contribution in [2.24, 2.45) is 5.73 Å². The summed E-state index contributed by atoms with van der Waals surface area (Å²) in [5.74, 6) is -0.550. The van der Waals surface area contributed by atoms with Crippen molar-refractivity contribution < 1.29 is 13.7 Å². The summed E-state index contributed by atoms with van der Waals surface area (Å²) in [6.45, 7) is 1.66. The second-order valence-electron chi connectivity index (χ2n) is 5.85. The number of hydroxylamine groups is 2. The first kappa shape index (κ1) is 18.4. The number of primary amides is 1. The molecule has 1 aliphatic rings. The van der Waals surface area contributed by atoms with E-state index in [4.69, 9.17) is 10.5 Å². The number of rotatable bonds is 5. The van der Waals surface area contributed by atoms with E-state index < -0.39 is 21.4 Å². The van der Waals surface area contributed by atoms with Crippen LogP contribution in [-0.4, -0.2) is 52.6 Å². The Hall–Kier alpha value is -2.40. The fraction of sp³-hybridized carbons (Fsp3) is 0.312. The molecule has 1 aromatic heterocycles. The zero-order chi connectivity index (χ0) is 18.7. The number of quaternary nitrogens is 1. The number of nitrogens with two attached hydrogens (primary N) is 1. The summed E-state index contributed by atoms with van der Waals surface area (Å²) in [6.07, 6.45) is 2.65. The Kier molecular flexibility index (Phi) is 5.28. The third-order valence-corrected chi connectivity index (χ3v) is 4.93. The molecule has 2 aromatic rings. The highest BCUT2D eigenvalue weighted by molar-refractivity contribution is 7.84. The normalized spacial score (nSPS) is 17.5. The molecule has 1 saturated heterocycles. The molecular formula is C16H19N5O4S. The van der Waals surface area contributed by atoms with Crippen molar-refractivity contribution in [1.29, 1.82) is 0 Å². The van der Waals surface area contributed by atoms with Gasteiger partial charge in [-0.2, -0.15) is 0 Å². The van der Waals surface area contributed by atoms with Gasteiger partial charge in [0.25, 0.3) is 5.91 Å². The Morgan fingerprint density at radius 2 is 1.96 bits per heavy atom. The molecule has 1 unspecified atom stereocenters. The van der Waals surface area contributed by atoms with Crippen molar-refractivity contribution in [2.75, 3.05) is 37.9 Å². The molecule has 3 N–H and O–H groups in total. The topological polar surface area (TPSA) is 130 Å². The molecule has 9 nitrogen and oxygen atoms in total. The van der Waals surface area contributed by atoms with E-state index in [1.54, 1.807) is 24.3 Å². The summed E-state index contributed by atoms with van der Waals surface area (Å²) >= 11 is 0. The monoisotopic (exact) mass is 377 g/mol. The summed E-state index contributed by atoms with van der Waals surface area (Å²) in [4.78, 5) is 19.5. The summed E-state index contributed by atoms with van der Waals surface area (Å²) in [5.41, 5.74) is 6.58. The van der Waals surface area contributed by atoms with Gasteiger partial charge in [0, 0.05) is 30.3 Å². The number of amides is 1. The van der Waals surface area contributed by atoms with Crippen LogP contribution in [0.25, 0.3) is 0 Å². The van der Waals surface area contributed by atoms with Crippen molar-refractivity contribution in [2.45, 2.75) is 5.03 Å². The maximum absolute atomic E-state index is 12.7. The number of anilines is 2. The number of hydrogen-bond donors (Lipinski definition) is 2. The van der Waals surface area contributed by atoms with Gasteiger partial charge in [0.2, 0.25) is 5.95 Å². The lowest BCUT2D eigenvalue weighted by atomic mass is 10.2. The van der Waals surface area contributed by atoms with E-state index in [-0.39, 0.29) is 16.5 Å². The summed E-state index contributed by atoms with van der Waals surface area (Å²) in [5, 5.41) is 15.8. The molecule has 0 spiro atoms. The molecule has 1 fully saturated rings. The molecule has 0 radical (unpaired) electrons. The third-order valence-electron chi connectivity index (χ3n) is 4.08. The average Bonchev–Trinajstić information content (AvgIpc) is 2.62. The van der Waals surface area contributed by atoms with Crippen LogP contribution in [0.5, 0.6) is 0 Å². The number of carbonyl (C=O) groups excluding carboxylic acids is 1. The highest BCUT2D eigenvalue weighted by Gasteiger charge is 2.24. The standard InChI is InChI=1S/C16H19N5O4S/c1-26(24)15-13(14(17)22)10-18-16(20-15)19-11-2-4-12(5-3-11)21(23)6-8-25-9-7-21/h2-5,10H,6-9H2,1H3,(H2,17,22)(H,18,19,20). The van der Waals surface area contributed by atoms with Gasteiger partial charge < -0.3 is 25.6 Å². The second-order valence-corrected chi connectivity index (χ2v) is 7.15. The molecule has 0 aliphatic carbocycles. The van der Waals surface area contributed by atoms with Crippen molar-refractivity contribution >= 4 is 34.0 Å². The van der Waals surface area contributed by atoms with Gasteiger partial charge in [-0.25, -0.2) is 9.97 Å². The van der Waals surface area contributed by atoms with Gasteiger partial charge in [-0.05, 0) is 12.1 Å². The first-order valence-corrected chi connectivity index (χ1v) is 9.48. The molecular weight excluding hydrogens is 358 g/mol. The third kappa shape index (κ3) is 3.88. The first-order chi connectivity index (χ1) is 12.4. The van der Waals surface area contributed by atoms with Crippen LogP contribution in [0.15, 0.2) is 35.5 Å². The molecule has 10 heteroatoms. The van der Waals surface area contributed by atoms with Gasteiger partial charge in [-0.3, -0.25) is 9.00 Å². The Morgan fingerprint density at radius 3 is 2.54 bits per heavy atom.